The monoisotopic (exact) mass is 430 g/mol. The molecule has 0 spiro atoms. The molecule has 1 N–H and O–H groups in total. The van der Waals surface area contributed by atoms with Crippen molar-refractivity contribution in [2.75, 3.05) is 12.3 Å². The average Bonchev–Trinajstić information content (AvgIpc) is 2.74. The van der Waals surface area contributed by atoms with Crippen molar-refractivity contribution in [1.82, 2.24) is 10.2 Å². The molecule has 2 aromatic carbocycles. The van der Waals surface area contributed by atoms with Crippen molar-refractivity contribution in [2.45, 2.75) is 57.5 Å². The molecule has 0 aliphatic carbocycles. The van der Waals surface area contributed by atoms with Gasteiger partial charge < -0.3 is 10.2 Å². The van der Waals surface area contributed by atoms with Crippen molar-refractivity contribution in [3.05, 3.63) is 65.5 Å². The molecular weight excluding hydrogens is 399 g/mol. The van der Waals surface area contributed by atoms with Crippen LogP contribution in [0.2, 0.25) is 0 Å². The summed E-state index contributed by atoms with van der Waals surface area (Å²) in [5.74, 6) is -0.141. The third kappa shape index (κ3) is 7.48. The van der Waals surface area contributed by atoms with Crippen molar-refractivity contribution in [2.24, 2.45) is 0 Å². The number of benzene rings is 2. The van der Waals surface area contributed by atoms with Crippen LogP contribution in [0.1, 0.15) is 44.2 Å². The van der Waals surface area contributed by atoms with E-state index in [4.69, 9.17) is 0 Å². The normalized spacial score (nSPS) is 11.7. The van der Waals surface area contributed by atoms with E-state index in [0.717, 1.165) is 17.7 Å². The number of thioether (sulfide) groups is 1. The molecule has 4 nitrogen and oxygen atoms in total. The molecule has 6 heteroatoms. The first-order chi connectivity index (χ1) is 14.4. The summed E-state index contributed by atoms with van der Waals surface area (Å²) < 4.78 is 14.2. The van der Waals surface area contributed by atoms with Crippen LogP contribution in [0.25, 0.3) is 0 Å². The number of amides is 2. The molecule has 0 saturated carbocycles. The Balaban J connectivity index is 2.04. The first kappa shape index (κ1) is 23.9. The highest BCUT2D eigenvalue weighted by Crippen LogP contribution is 2.21. The van der Waals surface area contributed by atoms with Gasteiger partial charge in [0.25, 0.3) is 0 Å². The van der Waals surface area contributed by atoms with Crippen LogP contribution in [0.5, 0.6) is 0 Å². The van der Waals surface area contributed by atoms with Gasteiger partial charge in [-0.05, 0) is 38.5 Å². The molecule has 0 radical (unpaired) electrons. The molecule has 0 unspecified atom stereocenters. The number of rotatable bonds is 11. The fourth-order valence-corrected chi connectivity index (χ4v) is 3.80. The van der Waals surface area contributed by atoms with Crippen molar-refractivity contribution in [3.8, 4) is 0 Å². The van der Waals surface area contributed by atoms with Gasteiger partial charge >= 0.3 is 0 Å². The van der Waals surface area contributed by atoms with Crippen molar-refractivity contribution < 1.29 is 14.0 Å². The molecule has 0 aliphatic rings. The van der Waals surface area contributed by atoms with Crippen LogP contribution in [0.15, 0.2) is 53.4 Å². The number of hydrogen-bond donors (Lipinski definition) is 1. The molecule has 0 fully saturated rings. The maximum absolute atomic E-state index is 14.2. The zero-order valence-corrected chi connectivity index (χ0v) is 18.8. The van der Waals surface area contributed by atoms with Crippen LogP contribution in [-0.2, 0) is 16.1 Å². The zero-order valence-electron chi connectivity index (χ0n) is 18.0. The molecule has 0 aliphatic heterocycles. The van der Waals surface area contributed by atoms with Crippen molar-refractivity contribution >= 4 is 23.6 Å². The Hall–Kier alpha value is -2.34. The van der Waals surface area contributed by atoms with E-state index >= 15 is 0 Å². The fourth-order valence-electron chi connectivity index (χ4n) is 2.96. The summed E-state index contributed by atoms with van der Waals surface area (Å²) in [4.78, 5) is 28.1. The molecule has 2 aromatic rings. The van der Waals surface area contributed by atoms with E-state index < -0.39 is 6.04 Å². The molecule has 162 valence electrons. The van der Waals surface area contributed by atoms with E-state index in [1.54, 1.807) is 36.9 Å². The number of hydrogen-bond acceptors (Lipinski definition) is 3. The summed E-state index contributed by atoms with van der Waals surface area (Å²) in [6.45, 7) is 6.43. The van der Waals surface area contributed by atoms with Crippen LogP contribution in [0, 0.1) is 12.7 Å². The summed E-state index contributed by atoms with van der Waals surface area (Å²) >= 11 is 1.60. The van der Waals surface area contributed by atoms with E-state index in [0.29, 0.717) is 17.9 Å². The smallest absolute Gasteiger partial charge is 0.242 e. The fraction of sp³-hybridized carbons (Fsp3) is 0.417. The number of nitrogens with zero attached hydrogens (tertiary/aromatic N) is 1. The van der Waals surface area contributed by atoms with Crippen molar-refractivity contribution in [1.29, 1.82) is 0 Å². The summed E-state index contributed by atoms with van der Waals surface area (Å²) in [5, 5.41) is 2.87. The third-order valence-corrected chi connectivity index (χ3v) is 5.91. The molecule has 0 heterocycles. The molecule has 2 amide bonds. The Morgan fingerprint density at radius 1 is 1.13 bits per heavy atom. The summed E-state index contributed by atoms with van der Waals surface area (Å²) in [7, 11) is 0. The minimum Gasteiger partial charge on any atom is -0.354 e. The van der Waals surface area contributed by atoms with Gasteiger partial charge in [0, 0.05) is 35.7 Å². The Kier molecular flexibility index (Phi) is 9.87. The second-order valence-corrected chi connectivity index (χ2v) is 8.51. The predicted molar refractivity (Wildman–Crippen MR) is 121 cm³/mol. The van der Waals surface area contributed by atoms with Gasteiger partial charge in [-0.2, -0.15) is 0 Å². The molecule has 0 saturated heterocycles. The SMILES string of the molecule is CCCCNC(=O)[C@H](C)N(Cc1ccccc1F)C(=O)CCSc1ccc(C)cc1. The zero-order chi connectivity index (χ0) is 21.9. The van der Waals surface area contributed by atoms with Gasteiger partial charge in [-0.25, -0.2) is 4.39 Å². The topological polar surface area (TPSA) is 49.4 Å². The highest BCUT2D eigenvalue weighted by molar-refractivity contribution is 7.99. The lowest BCUT2D eigenvalue weighted by molar-refractivity contribution is -0.140. The predicted octanol–water partition coefficient (Wildman–Crippen LogP) is 4.95. The van der Waals surface area contributed by atoms with Gasteiger partial charge in [-0.3, -0.25) is 9.59 Å². The van der Waals surface area contributed by atoms with E-state index in [2.05, 4.69) is 12.2 Å². The van der Waals surface area contributed by atoms with Crippen LogP contribution < -0.4 is 5.32 Å². The first-order valence-electron chi connectivity index (χ1n) is 10.4. The highest BCUT2D eigenvalue weighted by atomic mass is 32.2. The number of aryl methyl sites for hydroxylation is 1. The molecule has 2 rings (SSSR count). The number of carbonyl (C=O) groups is 2. The highest BCUT2D eigenvalue weighted by Gasteiger charge is 2.26. The van der Waals surface area contributed by atoms with Crippen molar-refractivity contribution in [3.63, 3.8) is 0 Å². The number of halogens is 1. The van der Waals surface area contributed by atoms with Crippen LogP contribution >= 0.6 is 11.8 Å². The van der Waals surface area contributed by atoms with Gasteiger partial charge in [0.15, 0.2) is 0 Å². The van der Waals surface area contributed by atoms with E-state index in [1.165, 1.54) is 16.5 Å². The maximum Gasteiger partial charge on any atom is 0.242 e. The van der Waals surface area contributed by atoms with Crippen LogP contribution in [0.3, 0.4) is 0 Å². The molecule has 0 aromatic heterocycles. The number of carbonyl (C=O) groups excluding carboxylic acids is 2. The van der Waals surface area contributed by atoms with Crippen LogP contribution in [0.4, 0.5) is 4.39 Å². The van der Waals surface area contributed by atoms with Gasteiger partial charge in [-0.15, -0.1) is 11.8 Å². The minimum atomic E-state index is -0.668. The lowest BCUT2D eigenvalue weighted by atomic mass is 10.1. The van der Waals surface area contributed by atoms with E-state index in [-0.39, 0.29) is 30.6 Å². The maximum atomic E-state index is 14.2. The second kappa shape index (κ2) is 12.4. The molecular formula is C24H31FN2O2S. The number of nitrogens with one attached hydrogen (secondary N) is 1. The summed E-state index contributed by atoms with van der Waals surface area (Å²) in [6, 6.07) is 13.9. The quantitative estimate of drug-likeness (QED) is 0.405. The Labute approximate surface area is 183 Å². The van der Waals surface area contributed by atoms with E-state index in [1.807, 2.05) is 31.2 Å². The minimum absolute atomic E-state index is 0.0725. The van der Waals surface area contributed by atoms with Gasteiger partial charge in [0.2, 0.25) is 11.8 Å². The van der Waals surface area contributed by atoms with Gasteiger partial charge in [0.1, 0.15) is 11.9 Å². The second-order valence-electron chi connectivity index (χ2n) is 7.35. The average molecular weight is 431 g/mol. The van der Waals surface area contributed by atoms with E-state index in [9.17, 15) is 14.0 Å². The Bertz CT molecular complexity index is 826. The largest absolute Gasteiger partial charge is 0.354 e. The first-order valence-corrected chi connectivity index (χ1v) is 11.4. The Morgan fingerprint density at radius 2 is 1.83 bits per heavy atom. The summed E-state index contributed by atoms with van der Waals surface area (Å²) in [5.41, 5.74) is 1.60. The number of unbranched alkanes of at least 4 members (excludes halogenated alkanes) is 1. The molecule has 0 bridgehead atoms. The molecule has 30 heavy (non-hydrogen) atoms. The lowest BCUT2D eigenvalue weighted by Gasteiger charge is -2.29. The lowest BCUT2D eigenvalue weighted by Crippen LogP contribution is -2.48. The van der Waals surface area contributed by atoms with Gasteiger partial charge in [0.05, 0.1) is 0 Å². The Morgan fingerprint density at radius 3 is 2.50 bits per heavy atom. The molecule has 1 atom stereocenters. The summed E-state index contributed by atoms with van der Waals surface area (Å²) in [6.07, 6.45) is 2.13. The van der Waals surface area contributed by atoms with Crippen LogP contribution in [-0.4, -0.2) is 35.1 Å². The standard InChI is InChI=1S/C24H31FN2O2S/c1-4-5-15-26-24(29)19(3)27(17-20-8-6-7-9-22(20)25)23(28)14-16-30-21-12-10-18(2)11-13-21/h6-13,19H,4-5,14-17H2,1-3H3,(H,26,29)/t19-/m0/s1. The third-order valence-electron chi connectivity index (χ3n) is 4.90. The van der Waals surface area contributed by atoms with Gasteiger partial charge in [-0.1, -0.05) is 49.2 Å².